The van der Waals surface area contributed by atoms with Gasteiger partial charge < -0.3 is 0 Å². The largest absolute Gasteiger partial charge is 0.280 e. The van der Waals surface area contributed by atoms with E-state index in [1.54, 1.807) is 41.9 Å². The van der Waals surface area contributed by atoms with Gasteiger partial charge in [-0.3, -0.25) is 4.72 Å². The van der Waals surface area contributed by atoms with Gasteiger partial charge in [0, 0.05) is 15.6 Å². The third kappa shape index (κ3) is 5.57. The molecule has 3 rings (SSSR count). The van der Waals surface area contributed by atoms with Crippen LogP contribution in [0.2, 0.25) is 5.02 Å². The minimum absolute atomic E-state index is 0.488. The van der Waals surface area contributed by atoms with Crippen molar-refractivity contribution in [3.8, 4) is 0 Å². The van der Waals surface area contributed by atoms with E-state index in [-0.39, 0.29) is 0 Å². The molecule has 1 heterocycles. The van der Waals surface area contributed by atoms with Crippen LogP contribution in [0.25, 0.3) is 6.08 Å². The van der Waals surface area contributed by atoms with Crippen molar-refractivity contribution in [3.05, 3.63) is 70.0 Å². The zero-order valence-corrected chi connectivity index (χ0v) is 15.9. The second kappa shape index (κ2) is 8.01. The van der Waals surface area contributed by atoms with Crippen LogP contribution in [0.15, 0.2) is 68.7 Å². The summed E-state index contributed by atoms with van der Waals surface area (Å²) in [6.45, 7) is 0. The smallest absolute Gasteiger partial charge is 0.255 e. The summed E-state index contributed by atoms with van der Waals surface area (Å²) in [7, 11) is -3.60. The molecular weight excluding hydrogens is 398 g/mol. The van der Waals surface area contributed by atoms with E-state index in [0.717, 1.165) is 20.2 Å². The maximum atomic E-state index is 12.1. The van der Waals surface area contributed by atoms with E-state index in [1.165, 1.54) is 29.2 Å². The van der Waals surface area contributed by atoms with Gasteiger partial charge in [0.15, 0.2) is 4.34 Å². The molecule has 0 atom stereocenters. The molecule has 2 aromatic carbocycles. The number of hydrogen-bond donors (Lipinski definition) is 1. The lowest BCUT2D eigenvalue weighted by molar-refractivity contribution is 0.609. The number of aromatic nitrogens is 2. The minimum Gasteiger partial charge on any atom is -0.280 e. The number of halogens is 1. The lowest BCUT2D eigenvalue weighted by Crippen LogP contribution is -2.08. The Morgan fingerprint density at radius 3 is 2.44 bits per heavy atom. The molecule has 0 unspecified atom stereocenters. The van der Waals surface area contributed by atoms with E-state index in [0.29, 0.717) is 10.7 Å². The van der Waals surface area contributed by atoms with Gasteiger partial charge in [0.2, 0.25) is 0 Å². The third-order valence-corrected chi connectivity index (χ3v) is 6.02. The number of rotatable bonds is 6. The first-order valence-corrected chi connectivity index (χ1v) is 10.6. The summed E-state index contributed by atoms with van der Waals surface area (Å²) in [5, 5.41) is 9.46. The molecule has 3 aromatic rings. The summed E-state index contributed by atoms with van der Waals surface area (Å²) in [6.07, 6.45) is 1.51. The van der Waals surface area contributed by atoms with Gasteiger partial charge in [-0.2, -0.15) is 0 Å². The molecule has 9 heteroatoms. The lowest BCUT2D eigenvalue weighted by atomic mass is 10.2. The predicted octanol–water partition coefficient (Wildman–Crippen LogP) is 4.76. The SMILES string of the molecule is O=S(=O)(/C=C/c1ccc(Cl)cc1)Nc1ccc(Sc2nncs2)cc1. The lowest BCUT2D eigenvalue weighted by Gasteiger charge is -2.05. The van der Waals surface area contributed by atoms with Crippen LogP contribution in [0.5, 0.6) is 0 Å². The number of hydrogen-bond acceptors (Lipinski definition) is 6. The Morgan fingerprint density at radius 1 is 1.08 bits per heavy atom. The highest BCUT2D eigenvalue weighted by molar-refractivity contribution is 8.01. The highest BCUT2D eigenvalue weighted by atomic mass is 35.5. The van der Waals surface area contributed by atoms with E-state index < -0.39 is 10.0 Å². The maximum absolute atomic E-state index is 12.1. The van der Waals surface area contributed by atoms with E-state index in [1.807, 2.05) is 12.1 Å². The van der Waals surface area contributed by atoms with E-state index in [2.05, 4.69) is 14.9 Å². The summed E-state index contributed by atoms with van der Waals surface area (Å²) in [5.41, 5.74) is 2.90. The summed E-state index contributed by atoms with van der Waals surface area (Å²) >= 11 is 8.72. The number of anilines is 1. The molecule has 5 nitrogen and oxygen atoms in total. The molecule has 128 valence electrons. The molecule has 0 bridgehead atoms. The van der Waals surface area contributed by atoms with Gasteiger partial charge in [-0.05, 0) is 48.0 Å². The van der Waals surface area contributed by atoms with Crippen LogP contribution >= 0.6 is 34.7 Å². The summed E-state index contributed by atoms with van der Waals surface area (Å²) < 4.78 is 27.6. The third-order valence-electron chi connectivity index (χ3n) is 2.97. The van der Waals surface area contributed by atoms with Crippen molar-refractivity contribution in [1.29, 1.82) is 0 Å². The van der Waals surface area contributed by atoms with E-state index >= 15 is 0 Å². The molecule has 0 radical (unpaired) electrons. The van der Waals surface area contributed by atoms with Gasteiger partial charge in [0.1, 0.15) is 5.51 Å². The van der Waals surface area contributed by atoms with Gasteiger partial charge in [0.25, 0.3) is 10.0 Å². The van der Waals surface area contributed by atoms with Gasteiger partial charge in [-0.25, -0.2) is 8.42 Å². The molecule has 25 heavy (non-hydrogen) atoms. The minimum atomic E-state index is -3.60. The number of sulfonamides is 1. The quantitative estimate of drug-likeness (QED) is 0.635. The van der Waals surface area contributed by atoms with Crippen molar-refractivity contribution in [1.82, 2.24) is 10.2 Å². The van der Waals surface area contributed by atoms with Crippen molar-refractivity contribution in [3.63, 3.8) is 0 Å². The van der Waals surface area contributed by atoms with Crippen LogP contribution < -0.4 is 4.72 Å². The normalized spacial score (nSPS) is 11.7. The highest BCUT2D eigenvalue weighted by Crippen LogP contribution is 2.29. The van der Waals surface area contributed by atoms with E-state index in [9.17, 15) is 8.42 Å². The monoisotopic (exact) mass is 409 g/mol. The average Bonchev–Trinajstić information content (AvgIpc) is 3.09. The average molecular weight is 410 g/mol. The van der Waals surface area contributed by atoms with Crippen molar-refractivity contribution < 1.29 is 8.42 Å². The Labute approximate surface area is 158 Å². The van der Waals surface area contributed by atoms with Crippen molar-refractivity contribution in [2.75, 3.05) is 4.72 Å². The first kappa shape index (κ1) is 17.9. The van der Waals surface area contributed by atoms with Crippen molar-refractivity contribution in [2.45, 2.75) is 9.24 Å². The number of nitrogens with zero attached hydrogens (tertiary/aromatic N) is 2. The van der Waals surface area contributed by atoms with Crippen molar-refractivity contribution >= 4 is 56.5 Å². The molecule has 0 aliphatic rings. The number of benzene rings is 2. The van der Waals surface area contributed by atoms with Gasteiger partial charge >= 0.3 is 0 Å². The Morgan fingerprint density at radius 2 is 1.80 bits per heavy atom. The van der Waals surface area contributed by atoms with Gasteiger partial charge in [-0.1, -0.05) is 46.8 Å². The summed E-state index contributed by atoms with van der Waals surface area (Å²) in [6, 6.07) is 14.0. The molecule has 0 aliphatic heterocycles. The Balaban J connectivity index is 1.65. The molecule has 1 aromatic heterocycles. The first-order chi connectivity index (χ1) is 12.0. The zero-order valence-electron chi connectivity index (χ0n) is 12.7. The second-order valence-electron chi connectivity index (χ2n) is 4.83. The van der Waals surface area contributed by atoms with Crippen LogP contribution in [-0.2, 0) is 10.0 Å². The van der Waals surface area contributed by atoms with Crippen LogP contribution in [0, 0.1) is 0 Å². The highest BCUT2D eigenvalue weighted by Gasteiger charge is 2.06. The van der Waals surface area contributed by atoms with Crippen LogP contribution in [0.1, 0.15) is 5.56 Å². The molecule has 0 saturated carbocycles. The van der Waals surface area contributed by atoms with Crippen LogP contribution in [0.4, 0.5) is 5.69 Å². The Kier molecular flexibility index (Phi) is 5.74. The first-order valence-electron chi connectivity index (χ1n) is 7.01. The van der Waals surface area contributed by atoms with Crippen LogP contribution in [0.3, 0.4) is 0 Å². The summed E-state index contributed by atoms with van der Waals surface area (Å²) in [4.78, 5) is 0.955. The predicted molar refractivity (Wildman–Crippen MR) is 104 cm³/mol. The molecule has 0 aliphatic carbocycles. The number of nitrogens with one attached hydrogen (secondary N) is 1. The standard InChI is InChI=1S/C16H12ClN3O2S3/c17-13-3-1-12(2-4-13)9-10-25(21,22)20-14-5-7-15(8-6-14)24-16-19-18-11-23-16/h1-11,20H/b10-9+. The topological polar surface area (TPSA) is 72.0 Å². The zero-order chi connectivity index (χ0) is 17.7. The van der Waals surface area contributed by atoms with Crippen molar-refractivity contribution in [2.24, 2.45) is 0 Å². The molecule has 0 saturated heterocycles. The molecule has 1 N–H and O–H groups in total. The van der Waals surface area contributed by atoms with Crippen LogP contribution in [-0.4, -0.2) is 18.6 Å². The molecular formula is C16H12ClN3O2S3. The molecule has 0 spiro atoms. The summed E-state index contributed by atoms with van der Waals surface area (Å²) in [5.74, 6) is 0. The fourth-order valence-corrected chi connectivity index (χ4v) is 4.29. The van der Waals surface area contributed by atoms with E-state index in [4.69, 9.17) is 11.6 Å². The van der Waals surface area contributed by atoms with Gasteiger partial charge in [-0.15, -0.1) is 10.2 Å². The maximum Gasteiger partial charge on any atom is 0.255 e. The molecule has 0 fully saturated rings. The van der Waals surface area contributed by atoms with Gasteiger partial charge in [0.05, 0.1) is 5.41 Å². The second-order valence-corrected chi connectivity index (χ2v) is 8.99. The fraction of sp³-hybridized carbons (Fsp3) is 0. The Bertz CT molecular complexity index is 955. The molecule has 0 amide bonds. The fourth-order valence-electron chi connectivity index (χ4n) is 1.84. The Hall–Kier alpha value is -1.87.